The molecule has 1 aliphatic rings. The van der Waals surface area contributed by atoms with Gasteiger partial charge in [0.2, 0.25) is 5.91 Å². The predicted octanol–water partition coefficient (Wildman–Crippen LogP) is 4.42. The lowest BCUT2D eigenvalue weighted by Gasteiger charge is -2.17. The fourth-order valence-corrected chi connectivity index (χ4v) is 3.73. The molecule has 1 unspecified atom stereocenters. The highest BCUT2D eigenvalue weighted by Gasteiger charge is 2.26. The van der Waals surface area contributed by atoms with Crippen LogP contribution in [0.25, 0.3) is 0 Å². The maximum Gasteiger partial charge on any atom is 0.259 e. The Bertz CT molecular complexity index is 1020. The first kappa shape index (κ1) is 18.9. The van der Waals surface area contributed by atoms with Gasteiger partial charge in [0, 0.05) is 36.7 Å². The quantitative estimate of drug-likeness (QED) is 0.707. The first-order valence-electron chi connectivity index (χ1n) is 9.81. The van der Waals surface area contributed by atoms with Crippen LogP contribution in [-0.4, -0.2) is 23.3 Å². The highest BCUT2D eigenvalue weighted by Crippen LogP contribution is 2.32. The standard InChI is InChI=1S/C24H23N3O2/c1-17(18-6-3-2-4-7-18)14-23(28)26-21-9-10-22-19(15-21)11-13-27(22)24(29)20-8-5-12-25-16-20/h2-10,12,15-17H,11,13-14H2,1H3,(H,26,28). The van der Waals surface area contributed by atoms with Crippen molar-refractivity contribution in [3.8, 4) is 0 Å². The van der Waals surface area contributed by atoms with Crippen molar-refractivity contribution in [2.75, 3.05) is 16.8 Å². The molecule has 0 saturated carbocycles. The van der Waals surface area contributed by atoms with E-state index in [-0.39, 0.29) is 17.7 Å². The second-order valence-electron chi connectivity index (χ2n) is 7.36. The van der Waals surface area contributed by atoms with E-state index in [0.717, 1.165) is 28.9 Å². The SMILES string of the molecule is CC(CC(=O)Nc1ccc2c(c1)CCN2C(=O)c1cccnc1)c1ccccc1. The molecule has 0 saturated heterocycles. The van der Waals surface area contributed by atoms with Crippen molar-refractivity contribution in [3.05, 3.63) is 89.7 Å². The average Bonchev–Trinajstić information content (AvgIpc) is 3.17. The number of rotatable bonds is 5. The highest BCUT2D eigenvalue weighted by atomic mass is 16.2. The Hall–Kier alpha value is -3.47. The summed E-state index contributed by atoms with van der Waals surface area (Å²) in [7, 11) is 0. The van der Waals surface area contributed by atoms with E-state index in [1.165, 1.54) is 0 Å². The molecule has 0 spiro atoms. The molecule has 5 nitrogen and oxygen atoms in total. The predicted molar refractivity (Wildman–Crippen MR) is 114 cm³/mol. The molecule has 5 heteroatoms. The van der Waals surface area contributed by atoms with E-state index in [1.54, 1.807) is 29.4 Å². The molecule has 0 fully saturated rings. The number of amides is 2. The minimum absolute atomic E-state index is 0.0115. The van der Waals surface area contributed by atoms with Gasteiger partial charge in [0.25, 0.3) is 5.91 Å². The molecule has 146 valence electrons. The molecular weight excluding hydrogens is 362 g/mol. The number of hydrogen-bond donors (Lipinski definition) is 1. The molecule has 29 heavy (non-hydrogen) atoms. The van der Waals surface area contributed by atoms with E-state index in [1.807, 2.05) is 48.5 Å². The molecule has 0 bridgehead atoms. The number of nitrogens with one attached hydrogen (secondary N) is 1. The normalized spacial score (nSPS) is 13.6. The van der Waals surface area contributed by atoms with Gasteiger partial charge < -0.3 is 10.2 Å². The van der Waals surface area contributed by atoms with Crippen molar-refractivity contribution >= 4 is 23.2 Å². The molecule has 2 heterocycles. The Labute approximate surface area is 170 Å². The number of carbonyl (C=O) groups excluding carboxylic acids is 2. The average molecular weight is 385 g/mol. The van der Waals surface area contributed by atoms with Gasteiger partial charge in [0.05, 0.1) is 5.56 Å². The molecule has 1 atom stereocenters. The summed E-state index contributed by atoms with van der Waals surface area (Å²) in [5, 5.41) is 3.00. The van der Waals surface area contributed by atoms with Crippen molar-refractivity contribution < 1.29 is 9.59 Å². The van der Waals surface area contributed by atoms with Crippen LogP contribution < -0.4 is 10.2 Å². The van der Waals surface area contributed by atoms with E-state index < -0.39 is 0 Å². The number of benzene rings is 2. The molecule has 0 radical (unpaired) electrons. The number of anilines is 2. The number of pyridine rings is 1. The van der Waals surface area contributed by atoms with Gasteiger partial charge in [-0.2, -0.15) is 0 Å². The number of carbonyl (C=O) groups is 2. The molecule has 2 amide bonds. The van der Waals surface area contributed by atoms with Gasteiger partial charge in [-0.3, -0.25) is 14.6 Å². The van der Waals surface area contributed by atoms with Crippen LogP contribution in [0.1, 0.15) is 40.7 Å². The maximum absolute atomic E-state index is 12.7. The van der Waals surface area contributed by atoms with Gasteiger partial charge >= 0.3 is 0 Å². The van der Waals surface area contributed by atoms with Crippen molar-refractivity contribution in [1.82, 2.24) is 4.98 Å². The monoisotopic (exact) mass is 385 g/mol. The number of hydrogen-bond acceptors (Lipinski definition) is 3. The molecule has 4 rings (SSSR count). The van der Waals surface area contributed by atoms with Gasteiger partial charge in [-0.1, -0.05) is 37.3 Å². The summed E-state index contributed by atoms with van der Waals surface area (Å²) in [5.74, 6) is 0.0890. The third kappa shape index (κ3) is 4.19. The first-order valence-corrected chi connectivity index (χ1v) is 9.81. The molecular formula is C24H23N3O2. The van der Waals surface area contributed by atoms with Gasteiger partial charge in [0.1, 0.15) is 0 Å². The van der Waals surface area contributed by atoms with Crippen molar-refractivity contribution in [2.45, 2.75) is 25.7 Å². The third-order valence-electron chi connectivity index (χ3n) is 5.27. The summed E-state index contributed by atoms with van der Waals surface area (Å²) in [6.45, 7) is 2.69. The van der Waals surface area contributed by atoms with E-state index in [0.29, 0.717) is 18.5 Å². The minimum atomic E-state index is -0.0506. The number of nitrogens with zero attached hydrogens (tertiary/aromatic N) is 2. The van der Waals surface area contributed by atoms with Gasteiger partial charge in [-0.15, -0.1) is 0 Å². The summed E-state index contributed by atoms with van der Waals surface area (Å²) < 4.78 is 0. The Morgan fingerprint density at radius 2 is 1.93 bits per heavy atom. The lowest BCUT2D eigenvalue weighted by atomic mass is 9.97. The molecule has 0 aliphatic carbocycles. The Balaban J connectivity index is 1.43. The number of fused-ring (bicyclic) bond motifs is 1. The van der Waals surface area contributed by atoms with Gasteiger partial charge in [0.15, 0.2) is 0 Å². The van der Waals surface area contributed by atoms with Crippen LogP contribution in [0.5, 0.6) is 0 Å². The lowest BCUT2D eigenvalue weighted by Crippen LogP contribution is -2.28. The molecule has 1 aromatic heterocycles. The maximum atomic E-state index is 12.7. The molecule has 1 N–H and O–H groups in total. The Morgan fingerprint density at radius 1 is 1.10 bits per heavy atom. The fourth-order valence-electron chi connectivity index (χ4n) is 3.73. The fraction of sp³-hybridized carbons (Fsp3) is 0.208. The van der Waals surface area contributed by atoms with Crippen molar-refractivity contribution in [2.24, 2.45) is 0 Å². The van der Waals surface area contributed by atoms with Crippen LogP contribution in [0.3, 0.4) is 0 Å². The highest BCUT2D eigenvalue weighted by molar-refractivity contribution is 6.07. The molecule has 3 aromatic rings. The summed E-state index contributed by atoms with van der Waals surface area (Å²) in [4.78, 5) is 31.0. The van der Waals surface area contributed by atoms with Crippen LogP contribution in [0, 0.1) is 0 Å². The van der Waals surface area contributed by atoms with Gasteiger partial charge in [-0.25, -0.2) is 0 Å². The largest absolute Gasteiger partial charge is 0.326 e. The molecule has 2 aromatic carbocycles. The van der Waals surface area contributed by atoms with E-state index in [4.69, 9.17) is 0 Å². The van der Waals surface area contributed by atoms with Crippen LogP contribution >= 0.6 is 0 Å². The zero-order chi connectivity index (χ0) is 20.2. The van der Waals surface area contributed by atoms with E-state index >= 15 is 0 Å². The summed E-state index contributed by atoms with van der Waals surface area (Å²) in [5.41, 5.74) is 4.46. The zero-order valence-electron chi connectivity index (χ0n) is 16.3. The summed E-state index contributed by atoms with van der Waals surface area (Å²) in [6.07, 6.45) is 4.43. The summed E-state index contributed by atoms with van der Waals surface area (Å²) in [6, 6.07) is 19.3. The van der Waals surface area contributed by atoms with E-state index in [9.17, 15) is 9.59 Å². The Kier molecular flexibility index (Phi) is 5.38. The Morgan fingerprint density at radius 3 is 2.69 bits per heavy atom. The smallest absolute Gasteiger partial charge is 0.259 e. The second-order valence-corrected chi connectivity index (χ2v) is 7.36. The summed E-state index contributed by atoms with van der Waals surface area (Å²) >= 11 is 0. The zero-order valence-corrected chi connectivity index (χ0v) is 16.3. The lowest BCUT2D eigenvalue weighted by molar-refractivity contribution is -0.116. The van der Waals surface area contributed by atoms with Crippen LogP contribution in [0.15, 0.2) is 73.1 Å². The van der Waals surface area contributed by atoms with Gasteiger partial charge in [-0.05, 0) is 53.8 Å². The topological polar surface area (TPSA) is 62.3 Å². The van der Waals surface area contributed by atoms with E-state index in [2.05, 4.69) is 17.2 Å². The van der Waals surface area contributed by atoms with Crippen LogP contribution in [0.2, 0.25) is 0 Å². The van der Waals surface area contributed by atoms with Crippen LogP contribution in [-0.2, 0) is 11.2 Å². The third-order valence-corrected chi connectivity index (χ3v) is 5.27. The van der Waals surface area contributed by atoms with Crippen LogP contribution in [0.4, 0.5) is 11.4 Å². The minimum Gasteiger partial charge on any atom is -0.326 e. The van der Waals surface area contributed by atoms with Crippen molar-refractivity contribution in [3.63, 3.8) is 0 Å². The second kappa shape index (κ2) is 8.27. The number of aromatic nitrogens is 1. The molecule has 1 aliphatic heterocycles. The van der Waals surface area contributed by atoms with Crippen molar-refractivity contribution in [1.29, 1.82) is 0 Å². The first-order chi connectivity index (χ1) is 14.1.